The van der Waals surface area contributed by atoms with Crippen molar-refractivity contribution in [3.8, 4) is 11.3 Å². The number of aldehydes is 1. The Balaban J connectivity index is 1.59. The maximum Gasteiger partial charge on any atom is 0.243 e. The minimum absolute atomic E-state index is 0.240. The predicted molar refractivity (Wildman–Crippen MR) is 97.3 cm³/mol. The molecule has 0 atom stereocenters. The second kappa shape index (κ2) is 6.55. The monoisotopic (exact) mass is 367 g/mol. The molecule has 0 saturated carbocycles. The van der Waals surface area contributed by atoms with Crippen molar-refractivity contribution in [3.63, 3.8) is 0 Å². The molecule has 0 amide bonds. The number of hydrogen-bond donors (Lipinski definition) is 0. The number of benzene rings is 2. The fraction of sp³-hybridized carbons (Fsp3) is 0.150. The summed E-state index contributed by atoms with van der Waals surface area (Å²) in [4.78, 5) is 11.0. The average Bonchev–Trinajstić information content (AvgIpc) is 3.17. The zero-order chi connectivity index (χ0) is 18.1. The van der Waals surface area contributed by atoms with Crippen LogP contribution in [0, 0.1) is 0 Å². The molecule has 0 unspecified atom stereocenters. The van der Waals surface area contributed by atoms with E-state index in [1.165, 1.54) is 9.87 Å². The first-order valence-electron chi connectivity index (χ1n) is 8.30. The highest BCUT2D eigenvalue weighted by Crippen LogP contribution is 2.27. The van der Waals surface area contributed by atoms with Gasteiger partial charge in [-0.15, -0.1) is 0 Å². The third-order valence-corrected chi connectivity index (χ3v) is 6.47. The second-order valence-electron chi connectivity index (χ2n) is 6.20. The predicted octanol–water partition coefficient (Wildman–Crippen LogP) is 3.51. The zero-order valence-electron chi connectivity index (χ0n) is 14.0. The molecule has 6 heteroatoms. The number of carbonyl (C=O) groups is 1. The van der Waals surface area contributed by atoms with Crippen molar-refractivity contribution in [2.45, 2.75) is 17.9 Å². The van der Waals surface area contributed by atoms with Gasteiger partial charge in [-0.25, -0.2) is 8.42 Å². The summed E-state index contributed by atoms with van der Waals surface area (Å²) in [5.41, 5.74) is 2.98. The van der Waals surface area contributed by atoms with Crippen molar-refractivity contribution in [2.75, 3.05) is 6.54 Å². The van der Waals surface area contributed by atoms with Crippen molar-refractivity contribution in [3.05, 3.63) is 77.6 Å². The molecule has 0 spiro atoms. The number of hydrogen-bond acceptors (Lipinski definition) is 4. The van der Waals surface area contributed by atoms with E-state index < -0.39 is 10.0 Å². The molecule has 0 saturated heterocycles. The number of furan rings is 1. The van der Waals surface area contributed by atoms with E-state index in [2.05, 4.69) is 0 Å². The van der Waals surface area contributed by atoms with Crippen molar-refractivity contribution in [1.82, 2.24) is 4.31 Å². The SMILES string of the molecule is O=Cc1ccc(-c2ccc(S(=O)(=O)N3CCc4ccccc4C3)cc2)o1. The van der Waals surface area contributed by atoms with Gasteiger partial charge in [-0.3, -0.25) is 4.79 Å². The summed E-state index contributed by atoms with van der Waals surface area (Å²) in [5.74, 6) is 0.770. The average molecular weight is 367 g/mol. The van der Waals surface area contributed by atoms with E-state index in [1.807, 2.05) is 24.3 Å². The molecule has 0 N–H and O–H groups in total. The molecular weight excluding hydrogens is 350 g/mol. The van der Waals surface area contributed by atoms with Gasteiger partial charge < -0.3 is 4.42 Å². The Morgan fingerprint density at radius 2 is 1.65 bits per heavy atom. The minimum atomic E-state index is -3.56. The van der Waals surface area contributed by atoms with Gasteiger partial charge in [0.05, 0.1) is 4.90 Å². The second-order valence-corrected chi connectivity index (χ2v) is 8.14. The van der Waals surface area contributed by atoms with Gasteiger partial charge in [0, 0.05) is 18.7 Å². The molecule has 0 aliphatic carbocycles. The Hall–Kier alpha value is -2.70. The van der Waals surface area contributed by atoms with Crippen molar-refractivity contribution in [1.29, 1.82) is 0 Å². The number of sulfonamides is 1. The first-order valence-corrected chi connectivity index (χ1v) is 9.74. The van der Waals surface area contributed by atoms with Crippen LogP contribution in [0.1, 0.15) is 21.7 Å². The van der Waals surface area contributed by atoms with Crippen LogP contribution < -0.4 is 0 Å². The van der Waals surface area contributed by atoms with Gasteiger partial charge >= 0.3 is 0 Å². The van der Waals surface area contributed by atoms with Gasteiger partial charge in [0.2, 0.25) is 10.0 Å². The summed E-state index contributed by atoms with van der Waals surface area (Å²) < 4.78 is 32.8. The maximum absolute atomic E-state index is 13.0. The van der Waals surface area contributed by atoms with E-state index in [9.17, 15) is 13.2 Å². The zero-order valence-corrected chi connectivity index (χ0v) is 14.8. The fourth-order valence-corrected chi connectivity index (χ4v) is 4.61. The molecule has 26 heavy (non-hydrogen) atoms. The van der Waals surface area contributed by atoms with E-state index in [4.69, 9.17) is 4.42 Å². The molecule has 3 aromatic rings. The van der Waals surface area contributed by atoms with Crippen LogP contribution in [0.2, 0.25) is 0 Å². The molecule has 2 heterocycles. The topological polar surface area (TPSA) is 67.6 Å². The minimum Gasteiger partial charge on any atom is -0.453 e. The van der Waals surface area contributed by atoms with Gasteiger partial charge in [0.1, 0.15) is 5.76 Å². The molecule has 132 valence electrons. The van der Waals surface area contributed by atoms with E-state index in [0.29, 0.717) is 31.6 Å². The number of rotatable bonds is 4. The molecule has 1 aliphatic heterocycles. The van der Waals surface area contributed by atoms with Gasteiger partial charge in [0.25, 0.3) is 0 Å². The smallest absolute Gasteiger partial charge is 0.243 e. The van der Waals surface area contributed by atoms with Crippen molar-refractivity contribution in [2.24, 2.45) is 0 Å². The molecule has 0 radical (unpaired) electrons. The fourth-order valence-electron chi connectivity index (χ4n) is 3.19. The summed E-state index contributed by atoms with van der Waals surface area (Å²) in [6.45, 7) is 0.864. The van der Waals surface area contributed by atoms with Gasteiger partial charge in [-0.05, 0) is 53.9 Å². The van der Waals surface area contributed by atoms with Crippen LogP contribution in [0.3, 0.4) is 0 Å². The van der Waals surface area contributed by atoms with Crippen LogP contribution in [0.5, 0.6) is 0 Å². The summed E-state index contributed by atoms with van der Waals surface area (Å²) in [6, 6.07) is 17.7. The Bertz CT molecular complexity index is 1050. The van der Waals surface area contributed by atoms with E-state index in [-0.39, 0.29) is 10.7 Å². The lowest BCUT2D eigenvalue weighted by Gasteiger charge is -2.28. The lowest BCUT2D eigenvalue weighted by atomic mass is 10.0. The van der Waals surface area contributed by atoms with Crippen LogP contribution in [-0.4, -0.2) is 25.6 Å². The molecule has 1 aliphatic rings. The first-order chi connectivity index (χ1) is 12.6. The quantitative estimate of drug-likeness (QED) is 0.662. The summed E-state index contributed by atoms with van der Waals surface area (Å²) >= 11 is 0. The number of carbonyl (C=O) groups excluding carboxylic acids is 1. The Morgan fingerprint density at radius 1 is 0.923 bits per heavy atom. The molecule has 5 nitrogen and oxygen atoms in total. The summed E-state index contributed by atoms with van der Waals surface area (Å²) in [7, 11) is -3.56. The molecule has 0 fully saturated rings. The normalized spacial score (nSPS) is 14.8. The van der Waals surface area contributed by atoms with Crippen LogP contribution in [-0.2, 0) is 23.0 Å². The molecular formula is C20H17NO4S. The highest BCUT2D eigenvalue weighted by molar-refractivity contribution is 7.89. The largest absolute Gasteiger partial charge is 0.453 e. The van der Waals surface area contributed by atoms with Crippen molar-refractivity contribution < 1.29 is 17.6 Å². The number of nitrogens with zero attached hydrogens (tertiary/aromatic N) is 1. The summed E-state index contributed by atoms with van der Waals surface area (Å²) in [6.07, 6.45) is 1.35. The Labute approximate surface area is 151 Å². The highest BCUT2D eigenvalue weighted by atomic mass is 32.2. The lowest BCUT2D eigenvalue weighted by molar-refractivity contribution is 0.110. The standard InChI is InChI=1S/C20H17NO4S/c22-14-18-7-10-20(25-18)16-5-8-19(9-6-16)26(23,24)21-12-11-15-3-1-2-4-17(15)13-21/h1-10,14H,11-13H2. The third-order valence-electron chi connectivity index (χ3n) is 4.62. The van der Waals surface area contributed by atoms with E-state index in [0.717, 1.165) is 11.1 Å². The molecule has 1 aromatic heterocycles. The lowest BCUT2D eigenvalue weighted by Crippen LogP contribution is -2.35. The Kier molecular flexibility index (Phi) is 4.22. The first kappa shape index (κ1) is 16.8. The van der Waals surface area contributed by atoms with E-state index >= 15 is 0 Å². The maximum atomic E-state index is 13.0. The molecule has 0 bridgehead atoms. The molecule has 2 aromatic carbocycles. The third kappa shape index (κ3) is 2.98. The molecule has 4 rings (SSSR count). The Morgan fingerprint density at radius 3 is 2.35 bits per heavy atom. The highest BCUT2D eigenvalue weighted by Gasteiger charge is 2.28. The van der Waals surface area contributed by atoms with Gasteiger partial charge in [0.15, 0.2) is 12.0 Å². The van der Waals surface area contributed by atoms with Crippen LogP contribution in [0.4, 0.5) is 0 Å². The van der Waals surface area contributed by atoms with Crippen LogP contribution in [0.15, 0.2) is 70.0 Å². The van der Waals surface area contributed by atoms with Crippen molar-refractivity contribution >= 4 is 16.3 Å². The van der Waals surface area contributed by atoms with Gasteiger partial charge in [-0.1, -0.05) is 24.3 Å². The van der Waals surface area contributed by atoms with Crippen LogP contribution in [0.25, 0.3) is 11.3 Å². The number of fused-ring (bicyclic) bond motifs is 1. The van der Waals surface area contributed by atoms with E-state index in [1.54, 1.807) is 36.4 Å². The summed E-state index contributed by atoms with van der Waals surface area (Å²) in [5, 5.41) is 0. The van der Waals surface area contributed by atoms with Gasteiger partial charge in [-0.2, -0.15) is 4.31 Å². The van der Waals surface area contributed by atoms with Crippen LogP contribution >= 0.6 is 0 Å².